The molecule has 114 valence electrons. The molecule has 1 heterocycles. The van der Waals surface area contributed by atoms with Crippen LogP contribution in [-0.2, 0) is 16.0 Å². The lowest BCUT2D eigenvalue weighted by atomic mass is 9.97. The van der Waals surface area contributed by atoms with Gasteiger partial charge in [0.2, 0.25) is 0 Å². The molecule has 1 atom stereocenters. The van der Waals surface area contributed by atoms with Crippen molar-refractivity contribution in [1.29, 1.82) is 0 Å². The fraction of sp³-hybridized carbons (Fsp3) is 0.278. The third kappa shape index (κ3) is 3.65. The number of para-hydroxylation sites is 1. The molecular weight excluding hydrogens is 278 g/mol. The highest BCUT2D eigenvalue weighted by atomic mass is 16.5. The Morgan fingerprint density at radius 2 is 1.91 bits per heavy atom. The zero-order chi connectivity index (χ0) is 15.2. The van der Waals surface area contributed by atoms with Crippen LogP contribution < -0.4 is 10.1 Å². The predicted molar refractivity (Wildman–Crippen MR) is 83.8 cm³/mol. The highest BCUT2D eigenvalue weighted by molar-refractivity contribution is 5.77. The van der Waals surface area contributed by atoms with Gasteiger partial charge in [-0.2, -0.15) is 0 Å². The van der Waals surface area contributed by atoms with Crippen molar-refractivity contribution in [3.05, 3.63) is 65.7 Å². The van der Waals surface area contributed by atoms with E-state index in [9.17, 15) is 4.79 Å². The highest BCUT2D eigenvalue weighted by Crippen LogP contribution is 2.26. The second kappa shape index (κ2) is 7.09. The molecule has 3 rings (SSSR count). The summed E-state index contributed by atoms with van der Waals surface area (Å²) in [6.45, 7) is 1.17. The highest BCUT2D eigenvalue weighted by Gasteiger charge is 2.20. The van der Waals surface area contributed by atoms with E-state index in [1.54, 1.807) is 0 Å². The summed E-state index contributed by atoms with van der Waals surface area (Å²) in [6, 6.07) is 17.5. The molecule has 1 aliphatic rings. The molecule has 0 fully saturated rings. The van der Waals surface area contributed by atoms with Gasteiger partial charge in [-0.25, -0.2) is 0 Å². The Morgan fingerprint density at radius 1 is 1.14 bits per heavy atom. The van der Waals surface area contributed by atoms with Gasteiger partial charge in [-0.15, -0.1) is 0 Å². The number of benzene rings is 2. The molecule has 2 aromatic carbocycles. The number of hydrogen-bond acceptors (Lipinski definition) is 3. The van der Waals surface area contributed by atoms with Crippen molar-refractivity contribution in [1.82, 2.24) is 5.32 Å². The molecule has 2 aromatic rings. The summed E-state index contributed by atoms with van der Waals surface area (Å²) in [5.74, 6) is 0.549. The van der Waals surface area contributed by atoms with Crippen LogP contribution in [0.15, 0.2) is 54.6 Å². The van der Waals surface area contributed by atoms with E-state index in [2.05, 4.69) is 17.4 Å². The van der Waals surface area contributed by atoms with Crippen molar-refractivity contribution < 1.29 is 14.3 Å². The van der Waals surface area contributed by atoms with Crippen molar-refractivity contribution in [2.24, 2.45) is 0 Å². The minimum absolute atomic E-state index is 0.0123. The van der Waals surface area contributed by atoms with Gasteiger partial charge in [-0.3, -0.25) is 4.79 Å². The van der Waals surface area contributed by atoms with Crippen LogP contribution in [0.3, 0.4) is 0 Å². The number of carbonyl (C=O) groups is 1. The van der Waals surface area contributed by atoms with Gasteiger partial charge in [0.25, 0.3) is 5.91 Å². The van der Waals surface area contributed by atoms with Crippen molar-refractivity contribution in [3.63, 3.8) is 0 Å². The Morgan fingerprint density at radius 3 is 2.77 bits per heavy atom. The number of fused-ring (bicyclic) bond motifs is 1. The average molecular weight is 297 g/mol. The Kier molecular flexibility index (Phi) is 4.71. The molecule has 1 amide bonds. The molecule has 0 bridgehead atoms. The number of hydrogen-bond donors (Lipinski definition) is 1. The molecular formula is C18H19NO3. The van der Waals surface area contributed by atoms with Gasteiger partial charge in [0.15, 0.2) is 6.61 Å². The maximum atomic E-state index is 11.9. The quantitative estimate of drug-likeness (QED) is 0.922. The van der Waals surface area contributed by atoms with E-state index >= 15 is 0 Å². The van der Waals surface area contributed by atoms with Gasteiger partial charge in [0, 0.05) is 6.54 Å². The van der Waals surface area contributed by atoms with Crippen molar-refractivity contribution in [2.45, 2.75) is 12.5 Å². The zero-order valence-corrected chi connectivity index (χ0v) is 12.3. The van der Waals surface area contributed by atoms with E-state index in [1.807, 2.05) is 42.5 Å². The van der Waals surface area contributed by atoms with E-state index in [1.165, 1.54) is 5.56 Å². The lowest BCUT2D eigenvalue weighted by Gasteiger charge is -2.26. The van der Waals surface area contributed by atoms with Crippen LogP contribution >= 0.6 is 0 Å². The summed E-state index contributed by atoms with van der Waals surface area (Å²) >= 11 is 0. The first kappa shape index (κ1) is 14.6. The molecule has 1 aliphatic heterocycles. The maximum Gasteiger partial charge on any atom is 0.258 e. The minimum Gasteiger partial charge on any atom is -0.484 e. The van der Waals surface area contributed by atoms with Crippen LogP contribution in [-0.4, -0.2) is 25.7 Å². The van der Waals surface area contributed by atoms with Crippen LogP contribution in [0.5, 0.6) is 5.75 Å². The van der Waals surface area contributed by atoms with Crippen molar-refractivity contribution >= 4 is 5.91 Å². The first-order valence-electron chi connectivity index (χ1n) is 7.47. The second-order valence-electron chi connectivity index (χ2n) is 5.21. The van der Waals surface area contributed by atoms with Gasteiger partial charge in [-0.05, 0) is 29.7 Å². The van der Waals surface area contributed by atoms with Crippen LogP contribution in [0.1, 0.15) is 17.2 Å². The lowest BCUT2D eigenvalue weighted by Crippen LogP contribution is -2.34. The van der Waals surface area contributed by atoms with Crippen LogP contribution in [0, 0.1) is 0 Å². The maximum absolute atomic E-state index is 11.9. The van der Waals surface area contributed by atoms with Crippen molar-refractivity contribution in [2.75, 3.05) is 19.8 Å². The molecule has 22 heavy (non-hydrogen) atoms. The Hall–Kier alpha value is -2.33. The Bertz CT molecular complexity index is 627. The number of amides is 1. The third-order valence-corrected chi connectivity index (χ3v) is 3.69. The molecule has 4 heteroatoms. The normalized spacial score (nSPS) is 16.6. The number of ether oxygens (including phenoxy) is 2. The van der Waals surface area contributed by atoms with Gasteiger partial charge in [0.1, 0.15) is 11.9 Å². The number of carbonyl (C=O) groups excluding carboxylic acids is 1. The summed E-state index contributed by atoms with van der Waals surface area (Å²) in [7, 11) is 0. The molecule has 0 saturated heterocycles. The summed E-state index contributed by atoms with van der Waals surface area (Å²) in [5.41, 5.74) is 2.46. The molecule has 4 nitrogen and oxygen atoms in total. The first-order valence-corrected chi connectivity index (χ1v) is 7.47. The van der Waals surface area contributed by atoms with E-state index in [4.69, 9.17) is 9.47 Å². The predicted octanol–water partition coefficient (Wildman–Crippen LogP) is 2.50. The molecule has 0 spiro atoms. The smallest absolute Gasteiger partial charge is 0.258 e. The van der Waals surface area contributed by atoms with Crippen LogP contribution in [0.4, 0.5) is 0 Å². The summed E-state index contributed by atoms with van der Waals surface area (Å²) in [5, 5.41) is 2.87. The summed E-state index contributed by atoms with van der Waals surface area (Å²) in [4.78, 5) is 11.9. The third-order valence-electron chi connectivity index (χ3n) is 3.69. The largest absolute Gasteiger partial charge is 0.484 e. The van der Waals surface area contributed by atoms with E-state index in [0.29, 0.717) is 18.9 Å². The monoisotopic (exact) mass is 297 g/mol. The summed E-state index contributed by atoms with van der Waals surface area (Å²) < 4.78 is 11.2. The molecule has 0 aromatic heterocycles. The fourth-order valence-electron chi connectivity index (χ4n) is 2.57. The molecule has 0 saturated carbocycles. The van der Waals surface area contributed by atoms with Gasteiger partial charge in [0.05, 0.1) is 6.61 Å². The topological polar surface area (TPSA) is 47.6 Å². The average Bonchev–Trinajstić information content (AvgIpc) is 2.59. The Labute approximate surface area is 130 Å². The fourth-order valence-corrected chi connectivity index (χ4v) is 2.57. The van der Waals surface area contributed by atoms with Gasteiger partial charge in [-0.1, -0.05) is 42.5 Å². The standard InChI is InChI=1S/C18H19NO3/c20-18(13-22-15-7-2-1-3-8-15)19-12-17-16-9-5-4-6-14(16)10-11-21-17/h1-9,17H,10-13H2,(H,19,20). The van der Waals surface area contributed by atoms with E-state index < -0.39 is 0 Å². The zero-order valence-electron chi connectivity index (χ0n) is 12.3. The SMILES string of the molecule is O=C(COc1ccccc1)NCC1OCCc2ccccc21. The van der Waals surface area contributed by atoms with Crippen LogP contribution in [0.2, 0.25) is 0 Å². The van der Waals surface area contributed by atoms with E-state index in [-0.39, 0.29) is 18.6 Å². The second-order valence-corrected chi connectivity index (χ2v) is 5.21. The molecule has 0 radical (unpaired) electrons. The lowest BCUT2D eigenvalue weighted by molar-refractivity contribution is -0.123. The summed E-state index contributed by atoms with van der Waals surface area (Å²) in [6.07, 6.45) is 0.850. The Balaban J connectivity index is 1.50. The molecule has 0 aliphatic carbocycles. The van der Waals surface area contributed by atoms with Crippen LogP contribution in [0.25, 0.3) is 0 Å². The number of rotatable bonds is 5. The van der Waals surface area contributed by atoms with Gasteiger partial charge < -0.3 is 14.8 Å². The minimum atomic E-state index is -0.143. The van der Waals surface area contributed by atoms with Gasteiger partial charge >= 0.3 is 0 Å². The molecule has 1 N–H and O–H groups in total. The molecule has 1 unspecified atom stereocenters. The van der Waals surface area contributed by atoms with Crippen molar-refractivity contribution in [3.8, 4) is 5.75 Å². The van der Waals surface area contributed by atoms with E-state index in [0.717, 1.165) is 12.0 Å². The number of nitrogens with one attached hydrogen (secondary N) is 1. The first-order chi connectivity index (χ1) is 10.8.